The Balaban J connectivity index is 2.01. The Morgan fingerprint density at radius 2 is 2.08 bits per heavy atom. The number of aromatic nitrogens is 4. The first-order valence-electron chi connectivity index (χ1n) is 6.80. The van der Waals surface area contributed by atoms with E-state index in [1.165, 1.54) is 34.9 Å². The summed E-state index contributed by atoms with van der Waals surface area (Å²) < 4.78 is 40.0. The van der Waals surface area contributed by atoms with Crippen LogP contribution in [0.15, 0.2) is 23.1 Å². The number of ketones is 1. The van der Waals surface area contributed by atoms with Crippen molar-refractivity contribution in [1.82, 2.24) is 19.2 Å². The number of carbonyl (C=O) groups excluding carboxylic acids is 1. The molecule has 0 aliphatic rings. The van der Waals surface area contributed by atoms with Crippen molar-refractivity contribution < 1.29 is 18.0 Å². The predicted molar refractivity (Wildman–Crippen MR) is 80.4 cm³/mol. The van der Waals surface area contributed by atoms with Crippen LogP contribution in [0.1, 0.15) is 33.7 Å². The van der Waals surface area contributed by atoms with Crippen molar-refractivity contribution in [3.8, 4) is 0 Å². The molecule has 3 aromatic rings. The minimum Gasteiger partial charge on any atom is -0.293 e. The fourth-order valence-corrected chi connectivity index (χ4v) is 3.42. The van der Waals surface area contributed by atoms with Crippen LogP contribution in [0.5, 0.6) is 0 Å². The van der Waals surface area contributed by atoms with Crippen LogP contribution < -0.4 is 5.56 Å². The summed E-state index contributed by atoms with van der Waals surface area (Å²) in [5.41, 5.74) is -0.912. The zero-order chi connectivity index (χ0) is 17.6. The van der Waals surface area contributed by atoms with Crippen LogP contribution in [0.4, 0.5) is 13.2 Å². The quantitative estimate of drug-likeness (QED) is 0.676. The van der Waals surface area contributed by atoms with E-state index < -0.39 is 17.4 Å². The first-order chi connectivity index (χ1) is 11.2. The van der Waals surface area contributed by atoms with Gasteiger partial charge in [-0.15, -0.1) is 11.3 Å². The number of rotatable bonds is 3. The lowest BCUT2D eigenvalue weighted by molar-refractivity contribution is -0.141. The lowest BCUT2D eigenvalue weighted by atomic mass is 10.3. The summed E-state index contributed by atoms with van der Waals surface area (Å²) in [7, 11) is 0. The second-order valence-electron chi connectivity index (χ2n) is 5.16. The normalized spacial score (nSPS) is 12.0. The number of aryl methyl sites for hydroxylation is 1. The molecule has 0 aliphatic heterocycles. The number of alkyl halides is 3. The van der Waals surface area contributed by atoms with E-state index >= 15 is 0 Å². The van der Waals surface area contributed by atoms with Gasteiger partial charge in [0.15, 0.2) is 16.4 Å². The molecule has 126 valence electrons. The van der Waals surface area contributed by atoms with Gasteiger partial charge in [-0.2, -0.15) is 18.3 Å². The third-order valence-electron chi connectivity index (χ3n) is 3.33. The number of nitrogens with zero attached hydrogens (tertiary/aromatic N) is 4. The molecule has 3 rings (SSSR count). The molecule has 0 N–H and O–H groups in total. The fourth-order valence-electron chi connectivity index (χ4n) is 2.38. The topological polar surface area (TPSA) is 69.3 Å². The van der Waals surface area contributed by atoms with E-state index in [0.717, 1.165) is 10.7 Å². The van der Waals surface area contributed by atoms with Gasteiger partial charge in [0, 0.05) is 24.1 Å². The zero-order valence-corrected chi connectivity index (χ0v) is 13.4. The molecule has 0 saturated carbocycles. The van der Waals surface area contributed by atoms with E-state index in [1.807, 2.05) is 0 Å². The van der Waals surface area contributed by atoms with Gasteiger partial charge >= 0.3 is 6.18 Å². The minimum atomic E-state index is -4.52. The number of Topliss-reactive ketones (excluding diaryl/α,β-unsaturated/α-hetero) is 1. The highest BCUT2D eigenvalue weighted by Crippen LogP contribution is 2.27. The molecule has 10 heteroatoms. The third-order valence-corrected chi connectivity index (χ3v) is 4.29. The smallest absolute Gasteiger partial charge is 0.293 e. The number of thiazole rings is 1. The molecule has 0 fully saturated rings. The maximum absolute atomic E-state index is 12.6. The molecule has 3 heterocycles. The molecular formula is C14H11F3N4O2S. The summed E-state index contributed by atoms with van der Waals surface area (Å²) in [5, 5.41) is 3.43. The second-order valence-corrected chi connectivity index (χ2v) is 6.34. The molecule has 0 aliphatic carbocycles. The Labute approximate surface area is 137 Å². The monoisotopic (exact) mass is 356 g/mol. The van der Waals surface area contributed by atoms with Crippen molar-refractivity contribution in [3.63, 3.8) is 0 Å². The molecule has 3 aromatic heterocycles. The number of hydrogen-bond donors (Lipinski definition) is 0. The Bertz CT molecular complexity index is 1000. The van der Waals surface area contributed by atoms with Gasteiger partial charge in [0.2, 0.25) is 0 Å². The molecule has 6 nitrogen and oxygen atoms in total. The van der Waals surface area contributed by atoms with Crippen LogP contribution in [0, 0.1) is 6.92 Å². The van der Waals surface area contributed by atoms with Crippen molar-refractivity contribution in [2.45, 2.75) is 26.6 Å². The lowest BCUT2D eigenvalue weighted by Gasteiger charge is -2.04. The fraction of sp³-hybridized carbons (Fsp3) is 0.286. The van der Waals surface area contributed by atoms with E-state index in [9.17, 15) is 22.8 Å². The summed E-state index contributed by atoms with van der Waals surface area (Å²) >= 11 is 1.18. The van der Waals surface area contributed by atoms with Gasteiger partial charge in [-0.25, -0.2) is 9.38 Å². The largest absolute Gasteiger partial charge is 0.435 e. The van der Waals surface area contributed by atoms with Crippen molar-refractivity contribution in [2.24, 2.45) is 0 Å². The molecule has 0 radical (unpaired) electrons. The molecule has 24 heavy (non-hydrogen) atoms. The highest BCUT2D eigenvalue weighted by molar-refractivity contribution is 7.17. The van der Waals surface area contributed by atoms with Crippen molar-refractivity contribution in [1.29, 1.82) is 0 Å². The third kappa shape index (κ3) is 2.84. The van der Waals surface area contributed by atoms with E-state index in [2.05, 4.69) is 10.1 Å². The van der Waals surface area contributed by atoms with Crippen LogP contribution >= 0.6 is 11.3 Å². The Morgan fingerprint density at radius 3 is 2.67 bits per heavy atom. The molecule has 0 unspecified atom stereocenters. The maximum atomic E-state index is 12.6. The molecular weight excluding hydrogens is 345 g/mol. The first kappa shape index (κ1) is 16.4. The van der Waals surface area contributed by atoms with E-state index in [0.29, 0.717) is 9.84 Å². The second kappa shape index (κ2) is 5.55. The van der Waals surface area contributed by atoms with Crippen molar-refractivity contribution >= 4 is 22.1 Å². The number of carbonyl (C=O) groups is 1. The molecule has 0 saturated heterocycles. The Kier molecular flexibility index (Phi) is 3.78. The van der Waals surface area contributed by atoms with Crippen LogP contribution in [0.25, 0.3) is 4.96 Å². The molecule has 0 atom stereocenters. The average molecular weight is 356 g/mol. The van der Waals surface area contributed by atoms with Gasteiger partial charge in [0.05, 0.1) is 12.2 Å². The predicted octanol–water partition coefficient (Wildman–Crippen LogP) is 2.53. The first-order valence-corrected chi connectivity index (χ1v) is 7.62. The van der Waals surface area contributed by atoms with Gasteiger partial charge in [-0.3, -0.25) is 14.3 Å². The average Bonchev–Trinajstić information content (AvgIpc) is 3.02. The summed E-state index contributed by atoms with van der Waals surface area (Å²) in [6.07, 6.45) is -3.35. The van der Waals surface area contributed by atoms with E-state index in [-0.39, 0.29) is 23.7 Å². The molecule has 0 spiro atoms. The SMILES string of the molecule is CC(=O)c1c(C)sc2nc(Cn3ccc(C(F)(F)F)n3)cc(=O)n12. The van der Waals surface area contributed by atoms with Crippen molar-refractivity contribution in [2.75, 3.05) is 0 Å². The minimum absolute atomic E-state index is 0.0752. The Morgan fingerprint density at radius 1 is 1.38 bits per heavy atom. The van der Waals surface area contributed by atoms with E-state index in [4.69, 9.17) is 0 Å². The van der Waals surface area contributed by atoms with E-state index in [1.54, 1.807) is 6.92 Å². The maximum Gasteiger partial charge on any atom is 0.435 e. The van der Waals surface area contributed by atoms with Gasteiger partial charge in [-0.1, -0.05) is 0 Å². The zero-order valence-electron chi connectivity index (χ0n) is 12.6. The van der Waals surface area contributed by atoms with Gasteiger partial charge in [0.25, 0.3) is 5.56 Å². The Hall–Kier alpha value is -2.49. The van der Waals surface area contributed by atoms with Gasteiger partial charge in [-0.05, 0) is 13.0 Å². The van der Waals surface area contributed by atoms with Gasteiger partial charge < -0.3 is 0 Å². The van der Waals surface area contributed by atoms with Crippen LogP contribution in [0.2, 0.25) is 0 Å². The summed E-state index contributed by atoms with van der Waals surface area (Å²) in [6, 6.07) is 2.05. The highest BCUT2D eigenvalue weighted by atomic mass is 32.1. The van der Waals surface area contributed by atoms with Crippen LogP contribution in [-0.2, 0) is 12.7 Å². The van der Waals surface area contributed by atoms with Crippen molar-refractivity contribution in [3.05, 3.63) is 50.6 Å². The molecule has 0 bridgehead atoms. The highest BCUT2D eigenvalue weighted by Gasteiger charge is 2.33. The van der Waals surface area contributed by atoms with Gasteiger partial charge in [0.1, 0.15) is 5.69 Å². The number of hydrogen-bond acceptors (Lipinski definition) is 5. The number of halogens is 3. The summed E-state index contributed by atoms with van der Waals surface area (Å²) in [5.74, 6) is -0.253. The summed E-state index contributed by atoms with van der Waals surface area (Å²) in [6.45, 7) is 2.99. The molecule has 0 aromatic carbocycles. The summed E-state index contributed by atoms with van der Waals surface area (Å²) in [4.78, 5) is 29.2. The lowest BCUT2D eigenvalue weighted by Crippen LogP contribution is -2.19. The molecule has 0 amide bonds. The number of fused-ring (bicyclic) bond motifs is 1. The van der Waals surface area contributed by atoms with Crippen LogP contribution in [0.3, 0.4) is 0 Å². The standard InChI is InChI=1S/C14H11F3N4O2S/c1-7(22)12-8(2)24-13-18-9(5-11(23)21(12)13)6-20-4-3-10(19-20)14(15,16)17/h3-5H,6H2,1-2H3. The van der Waals surface area contributed by atoms with Crippen LogP contribution in [-0.4, -0.2) is 24.9 Å².